The molecule has 0 atom stereocenters. The summed E-state index contributed by atoms with van der Waals surface area (Å²) in [6.45, 7) is 1.29. The normalized spacial score (nSPS) is 10.0. The van der Waals surface area contributed by atoms with Crippen LogP contribution in [-0.2, 0) is 4.79 Å². The second-order valence-corrected chi connectivity index (χ2v) is 4.97. The largest absolute Gasteiger partial charge is 0.483 e. The number of rotatable bonds is 6. The number of nitrogens with one attached hydrogen (secondary N) is 1. The molecule has 0 aliphatic heterocycles. The van der Waals surface area contributed by atoms with E-state index in [1.165, 1.54) is 24.3 Å². The minimum absolute atomic E-state index is 0.0717. The molecule has 24 heavy (non-hydrogen) atoms. The molecule has 2 rings (SSSR count). The first-order valence-electron chi connectivity index (χ1n) is 6.95. The van der Waals surface area contributed by atoms with Gasteiger partial charge in [0.2, 0.25) is 0 Å². The maximum Gasteiger partial charge on any atom is 0.293 e. The highest BCUT2D eigenvalue weighted by Crippen LogP contribution is 2.25. The third-order valence-electron chi connectivity index (χ3n) is 3.14. The van der Waals surface area contributed by atoms with Crippen molar-refractivity contribution in [2.24, 2.45) is 5.73 Å². The predicted octanol–water partition coefficient (Wildman–Crippen LogP) is 2.02. The molecule has 0 radical (unpaired) electrons. The Labute approximate surface area is 137 Å². The molecule has 0 spiro atoms. The number of benzene rings is 2. The molecule has 0 unspecified atom stereocenters. The van der Waals surface area contributed by atoms with Gasteiger partial charge < -0.3 is 15.8 Å². The van der Waals surface area contributed by atoms with Crippen molar-refractivity contribution < 1.29 is 19.2 Å². The van der Waals surface area contributed by atoms with Crippen molar-refractivity contribution in [3.63, 3.8) is 0 Å². The predicted molar refractivity (Wildman–Crippen MR) is 86.9 cm³/mol. The minimum atomic E-state index is -0.680. The van der Waals surface area contributed by atoms with Gasteiger partial charge in [0.05, 0.1) is 10.5 Å². The number of nitrogens with zero attached hydrogens (tertiary/aromatic N) is 1. The molecular weight excluding hydrogens is 314 g/mol. The van der Waals surface area contributed by atoms with Gasteiger partial charge in [-0.3, -0.25) is 19.7 Å². The molecule has 8 heteroatoms. The van der Waals surface area contributed by atoms with Crippen LogP contribution in [0.1, 0.15) is 15.9 Å². The second-order valence-electron chi connectivity index (χ2n) is 4.97. The van der Waals surface area contributed by atoms with Crippen molar-refractivity contribution >= 4 is 23.2 Å². The van der Waals surface area contributed by atoms with Gasteiger partial charge in [-0.1, -0.05) is 18.2 Å². The van der Waals surface area contributed by atoms with Crippen molar-refractivity contribution in [1.82, 2.24) is 0 Å². The first-order chi connectivity index (χ1) is 11.4. The van der Waals surface area contributed by atoms with E-state index < -0.39 is 23.3 Å². The molecule has 0 fully saturated rings. The van der Waals surface area contributed by atoms with Crippen LogP contribution in [0.15, 0.2) is 42.5 Å². The fourth-order valence-electron chi connectivity index (χ4n) is 2.02. The molecule has 3 N–H and O–H groups in total. The Hall–Kier alpha value is -3.42. The van der Waals surface area contributed by atoms with Crippen molar-refractivity contribution in [3.05, 3.63) is 63.7 Å². The summed E-state index contributed by atoms with van der Waals surface area (Å²) in [5.74, 6) is -1.11. The summed E-state index contributed by atoms with van der Waals surface area (Å²) in [6.07, 6.45) is 0. The lowest BCUT2D eigenvalue weighted by Crippen LogP contribution is -2.22. The number of ether oxygens (including phenoxy) is 1. The number of nitro groups is 1. The zero-order valence-corrected chi connectivity index (χ0v) is 12.8. The number of hydrogen-bond donors (Lipinski definition) is 2. The highest BCUT2D eigenvalue weighted by atomic mass is 16.6. The van der Waals surface area contributed by atoms with Crippen molar-refractivity contribution in [2.75, 3.05) is 11.9 Å². The Kier molecular flexibility index (Phi) is 5.10. The average Bonchev–Trinajstić information content (AvgIpc) is 2.54. The SMILES string of the molecule is Cc1ccc(NC(=O)COc2ccccc2C(N)=O)c([N+](=O)[O-])c1. The van der Waals surface area contributed by atoms with Crippen molar-refractivity contribution in [3.8, 4) is 5.75 Å². The van der Waals surface area contributed by atoms with Gasteiger partial charge >= 0.3 is 0 Å². The fraction of sp³-hybridized carbons (Fsp3) is 0.125. The van der Waals surface area contributed by atoms with Crippen molar-refractivity contribution in [2.45, 2.75) is 6.92 Å². The van der Waals surface area contributed by atoms with Crippen LogP contribution < -0.4 is 15.8 Å². The quantitative estimate of drug-likeness (QED) is 0.619. The molecule has 0 saturated heterocycles. The van der Waals surface area contributed by atoms with Gasteiger partial charge in [0.1, 0.15) is 11.4 Å². The van der Waals surface area contributed by atoms with Crippen LogP contribution in [0, 0.1) is 17.0 Å². The smallest absolute Gasteiger partial charge is 0.293 e. The van der Waals surface area contributed by atoms with E-state index in [1.807, 2.05) is 0 Å². The number of carbonyl (C=O) groups excluding carboxylic acids is 2. The van der Waals surface area contributed by atoms with Gasteiger partial charge in [-0.2, -0.15) is 0 Å². The number of aryl methyl sites for hydroxylation is 1. The molecule has 124 valence electrons. The van der Waals surface area contributed by atoms with Crippen molar-refractivity contribution in [1.29, 1.82) is 0 Å². The van der Waals surface area contributed by atoms with Crippen LogP contribution in [0.4, 0.5) is 11.4 Å². The highest BCUT2D eigenvalue weighted by molar-refractivity contribution is 5.96. The van der Waals surface area contributed by atoms with Crippen LogP contribution >= 0.6 is 0 Å². The van der Waals surface area contributed by atoms with E-state index in [4.69, 9.17) is 10.5 Å². The zero-order valence-electron chi connectivity index (χ0n) is 12.8. The number of nitro benzene ring substituents is 1. The van der Waals surface area contributed by atoms with Crippen LogP contribution in [0.5, 0.6) is 5.75 Å². The maximum atomic E-state index is 12.0. The summed E-state index contributed by atoms with van der Waals surface area (Å²) in [7, 11) is 0. The molecule has 0 aliphatic rings. The highest BCUT2D eigenvalue weighted by Gasteiger charge is 2.17. The molecule has 0 bridgehead atoms. The minimum Gasteiger partial charge on any atom is -0.483 e. The van der Waals surface area contributed by atoms with Gasteiger partial charge in [0.25, 0.3) is 17.5 Å². The Balaban J connectivity index is 2.08. The monoisotopic (exact) mass is 329 g/mol. The Bertz CT molecular complexity index is 804. The molecular formula is C16H15N3O5. The van der Waals surface area contributed by atoms with E-state index in [9.17, 15) is 19.7 Å². The van der Waals surface area contributed by atoms with Crippen LogP contribution in [0.3, 0.4) is 0 Å². The van der Waals surface area contributed by atoms with Gasteiger partial charge in [-0.05, 0) is 30.7 Å². The Morgan fingerprint density at radius 2 is 1.96 bits per heavy atom. The zero-order chi connectivity index (χ0) is 17.7. The molecule has 0 heterocycles. The maximum absolute atomic E-state index is 12.0. The third kappa shape index (κ3) is 4.07. The summed E-state index contributed by atoms with van der Waals surface area (Å²) in [5.41, 5.74) is 5.93. The number of nitrogens with two attached hydrogens (primary N) is 1. The summed E-state index contributed by atoms with van der Waals surface area (Å²) in [4.78, 5) is 33.7. The molecule has 0 aliphatic carbocycles. The van der Waals surface area contributed by atoms with Gasteiger partial charge in [0.15, 0.2) is 6.61 Å². The van der Waals surface area contributed by atoms with Gasteiger partial charge in [0, 0.05) is 6.07 Å². The van der Waals surface area contributed by atoms with Gasteiger partial charge in [-0.15, -0.1) is 0 Å². The van der Waals surface area contributed by atoms with E-state index in [-0.39, 0.29) is 22.7 Å². The Morgan fingerprint density at radius 3 is 2.62 bits per heavy atom. The second kappa shape index (κ2) is 7.23. The first kappa shape index (κ1) is 16.9. The van der Waals surface area contributed by atoms with E-state index in [2.05, 4.69) is 5.32 Å². The molecule has 0 aromatic heterocycles. The number of anilines is 1. The van der Waals surface area contributed by atoms with E-state index in [0.717, 1.165) is 0 Å². The van der Waals surface area contributed by atoms with Gasteiger partial charge in [-0.25, -0.2) is 0 Å². The lowest BCUT2D eigenvalue weighted by molar-refractivity contribution is -0.384. The standard InChI is InChI=1S/C16H15N3O5/c1-10-6-7-12(13(8-10)19(22)23)18-15(20)9-24-14-5-3-2-4-11(14)16(17)21/h2-8H,9H2,1H3,(H2,17,21)(H,18,20). The first-order valence-corrected chi connectivity index (χ1v) is 6.95. The number of primary amides is 1. The lowest BCUT2D eigenvalue weighted by Gasteiger charge is -2.10. The summed E-state index contributed by atoms with van der Waals surface area (Å²) in [5, 5.41) is 13.4. The fourth-order valence-corrected chi connectivity index (χ4v) is 2.02. The molecule has 2 aromatic rings. The van der Waals surface area contributed by atoms with Crippen LogP contribution in [0.25, 0.3) is 0 Å². The van der Waals surface area contributed by atoms with E-state index in [0.29, 0.717) is 5.56 Å². The number of carbonyl (C=O) groups is 2. The number of para-hydroxylation sites is 1. The molecule has 2 amide bonds. The summed E-state index contributed by atoms with van der Waals surface area (Å²) in [6, 6.07) is 10.7. The molecule has 8 nitrogen and oxygen atoms in total. The third-order valence-corrected chi connectivity index (χ3v) is 3.14. The molecule has 2 aromatic carbocycles. The summed E-state index contributed by atoms with van der Waals surface area (Å²) >= 11 is 0. The lowest BCUT2D eigenvalue weighted by atomic mass is 10.2. The number of hydrogen-bond acceptors (Lipinski definition) is 5. The summed E-state index contributed by atoms with van der Waals surface area (Å²) < 4.78 is 5.27. The average molecular weight is 329 g/mol. The van der Waals surface area contributed by atoms with Crippen LogP contribution in [0.2, 0.25) is 0 Å². The Morgan fingerprint density at radius 1 is 1.25 bits per heavy atom. The molecule has 0 saturated carbocycles. The topological polar surface area (TPSA) is 125 Å². The van der Waals surface area contributed by atoms with Crippen LogP contribution in [-0.4, -0.2) is 23.3 Å². The van der Waals surface area contributed by atoms with E-state index in [1.54, 1.807) is 25.1 Å². The number of amides is 2. The van der Waals surface area contributed by atoms with E-state index >= 15 is 0 Å².